The monoisotopic (exact) mass is 208 g/mol. The standard InChI is InChI=1S/C11H12O4/c1-5-2-3-7-11(15-5)4-6(13-7)8(12)9-10(11)14-9/h1,5-7,9-10H,2-4H2/t5-,6+,7-,9-,10-,11-/m0/s1. The molecule has 6 atom stereocenters. The van der Waals surface area contributed by atoms with Gasteiger partial charge in [0.2, 0.25) is 0 Å². The molecule has 4 heteroatoms. The fourth-order valence-electron chi connectivity index (χ4n) is 3.29. The van der Waals surface area contributed by atoms with Gasteiger partial charge in [0.25, 0.3) is 0 Å². The van der Waals surface area contributed by atoms with Gasteiger partial charge in [0.15, 0.2) is 5.78 Å². The average Bonchev–Trinajstić information content (AvgIpc) is 2.93. The Balaban J connectivity index is 1.75. The van der Waals surface area contributed by atoms with Crippen LogP contribution >= 0.6 is 0 Å². The Morgan fingerprint density at radius 1 is 1.33 bits per heavy atom. The predicted molar refractivity (Wildman–Crippen MR) is 48.1 cm³/mol. The Kier molecular flexibility index (Phi) is 1.41. The predicted octanol–water partition coefficient (Wildman–Crippen LogP) is 0.123. The maximum Gasteiger partial charge on any atom is 0.193 e. The van der Waals surface area contributed by atoms with Crippen molar-refractivity contribution in [3.05, 3.63) is 6.92 Å². The van der Waals surface area contributed by atoms with Crippen molar-refractivity contribution < 1.29 is 19.0 Å². The number of hydrogen-bond donors (Lipinski definition) is 0. The van der Waals surface area contributed by atoms with E-state index in [1.807, 2.05) is 0 Å². The Labute approximate surface area is 87.9 Å². The fourth-order valence-corrected chi connectivity index (χ4v) is 3.29. The van der Waals surface area contributed by atoms with Gasteiger partial charge >= 0.3 is 0 Å². The van der Waals surface area contributed by atoms with Crippen molar-refractivity contribution in [2.45, 2.75) is 55.4 Å². The molecule has 2 bridgehead atoms. The van der Waals surface area contributed by atoms with Gasteiger partial charge in [-0.1, -0.05) is 0 Å². The van der Waals surface area contributed by atoms with E-state index in [1.54, 1.807) is 0 Å². The first kappa shape index (κ1) is 8.67. The van der Waals surface area contributed by atoms with Gasteiger partial charge in [-0.25, -0.2) is 0 Å². The molecule has 0 aromatic rings. The van der Waals surface area contributed by atoms with Crippen molar-refractivity contribution >= 4 is 5.78 Å². The van der Waals surface area contributed by atoms with Gasteiger partial charge in [-0.3, -0.25) is 4.79 Å². The number of hydrogen-bond acceptors (Lipinski definition) is 4. The van der Waals surface area contributed by atoms with E-state index in [9.17, 15) is 4.79 Å². The number of carbonyl (C=O) groups is 1. The molecule has 1 spiro atoms. The van der Waals surface area contributed by atoms with Gasteiger partial charge in [-0.2, -0.15) is 0 Å². The van der Waals surface area contributed by atoms with E-state index >= 15 is 0 Å². The Morgan fingerprint density at radius 2 is 2.20 bits per heavy atom. The summed E-state index contributed by atoms with van der Waals surface area (Å²) in [7, 11) is 0. The lowest BCUT2D eigenvalue weighted by Gasteiger charge is -2.40. The van der Waals surface area contributed by atoms with Gasteiger partial charge in [0, 0.05) is 6.42 Å². The number of fused-ring (bicyclic) bond motifs is 2. The number of epoxide rings is 1. The van der Waals surface area contributed by atoms with Crippen molar-refractivity contribution in [1.29, 1.82) is 0 Å². The molecule has 4 fully saturated rings. The van der Waals surface area contributed by atoms with Crippen LogP contribution in [0, 0.1) is 6.92 Å². The van der Waals surface area contributed by atoms with Gasteiger partial charge in [0.1, 0.15) is 23.9 Å². The molecule has 0 amide bonds. The summed E-state index contributed by atoms with van der Waals surface area (Å²) in [6.07, 6.45) is 1.38. The molecule has 4 rings (SSSR count). The van der Waals surface area contributed by atoms with Crippen molar-refractivity contribution in [2.24, 2.45) is 0 Å². The molecule has 3 saturated heterocycles. The molecule has 3 aliphatic heterocycles. The third-order valence-electron chi connectivity index (χ3n) is 4.03. The maximum absolute atomic E-state index is 11.7. The molecule has 80 valence electrons. The number of ketones is 1. The summed E-state index contributed by atoms with van der Waals surface area (Å²) in [6.45, 7) is 5.82. The van der Waals surface area contributed by atoms with Crippen LogP contribution in [0.15, 0.2) is 0 Å². The summed E-state index contributed by atoms with van der Waals surface area (Å²) in [5.74, 6) is 0.0946. The highest BCUT2D eigenvalue weighted by Crippen LogP contribution is 2.55. The zero-order valence-electron chi connectivity index (χ0n) is 8.22. The van der Waals surface area contributed by atoms with Crippen LogP contribution in [0.1, 0.15) is 19.3 Å². The summed E-state index contributed by atoms with van der Waals surface area (Å²) < 4.78 is 17.0. The van der Waals surface area contributed by atoms with E-state index in [0.717, 1.165) is 12.8 Å². The lowest BCUT2D eigenvalue weighted by Crippen LogP contribution is -2.54. The van der Waals surface area contributed by atoms with Crippen LogP contribution in [0.2, 0.25) is 0 Å². The van der Waals surface area contributed by atoms with Crippen molar-refractivity contribution in [1.82, 2.24) is 0 Å². The molecule has 3 heterocycles. The first-order valence-electron chi connectivity index (χ1n) is 5.49. The smallest absolute Gasteiger partial charge is 0.193 e. The molecule has 2 radical (unpaired) electrons. The molecule has 1 aliphatic carbocycles. The van der Waals surface area contributed by atoms with Crippen LogP contribution in [-0.4, -0.2) is 41.9 Å². The molecule has 4 nitrogen and oxygen atoms in total. The fraction of sp³-hybridized carbons (Fsp3) is 0.818. The number of ether oxygens (including phenoxy) is 3. The van der Waals surface area contributed by atoms with Gasteiger partial charge in [-0.15, -0.1) is 0 Å². The highest BCUT2D eigenvalue weighted by atomic mass is 16.7. The summed E-state index contributed by atoms with van der Waals surface area (Å²) in [6, 6.07) is 0. The van der Waals surface area contributed by atoms with E-state index in [0.29, 0.717) is 6.42 Å². The van der Waals surface area contributed by atoms with E-state index in [4.69, 9.17) is 21.1 Å². The minimum absolute atomic E-state index is 0.00347. The second kappa shape index (κ2) is 2.44. The van der Waals surface area contributed by atoms with Crippen LogP contribution in [0.3, 0.4) is 0 Å². The molecule has 0 aromatic heterocycles. The number of carbonyl (C=O) groups excluding carboxylic acids is 1. The zero-order chi connectivity index (χ0) is 10.2. The topological polar surface area (TPSA) is 48.1 Å². The first-order valence-corrected chi connectivity index (χ1v) is 5.49. The largest absolute Gasteiger partial charge is 0.366 e. The lowest BCUT2D eigenvalue weighted by molar-refractivity contribution is -0.161. The van der Waals surface area contributed by atoms with Crippen LogP contribution in [0.4, 0.5) is 0 Å². The van der Waals surface area contributed by atoms with E-state index in [2.05, 4.69) is 0 Å². The highest BCUT2D eigenvalue weighted by molar-refractivity contribution is 5.92. The molecule has 0 unspecified atom stereocenters. The minimum atomic E-state index is -0.416. The number of rotatable bonds is 0. The summed E-state index contributed by atoms with van der Waals surface area (Å²) in [4.78, 5) is 11.7. The molecule has 0 N–H and O–H groups in total. The highest BCUT2D eigenvalue weighted by Gasteiger charge is 2.73. The minimum Gasteiger partial charge on any atom is -0.366 e. The molecule has 4 aliphatic rings. The molecule has 15 heavy (non-hydrogen) atoms. The lowest BCUT2D eigenvalue weighted by atomic mass is 9.78. The molecular formula is C11H12O4. The average molecular weight is 208 g/mol. The third-order valence-corrected chi connectivity index (χ3v) is 4.03. The van der Waals surface area contributed by atoms with Crippen molar-refractivity contribution in [2.75, 3.05) is 0 Å². The number of Topliss-reactive ketones (excluding diaryl/α,β-unsaturated/α-hetero) is 1. The SMILES string of the molecule is [CH][C@H]1CC[C@@H]2O[C@@H]3C[C@@]2(O1)[C@H]1O[C@H]1C3=O. The van der Waals surface area contributed by atoms with Crippen LogP contribution < -0.4 is 0 Å². The van der Waals surface area contributed by atoms with E-state index < -0.39 is 5.60 Å². The van der Waals surface area contributed by atoms with Crippen LogP contribution in [-0.2, 0) is 19.0 Å². The Bertz CT molecular complexity index is 341. The first-order chi connectivity index (χ1) is 7.21. The second-order valence-corrected chi connectivity index (χ2v) is 4.89. The summed E-state index contributed by atoms with van der Waals surface area (Å²) in [5, 5.41) is 0. The normalized spacial score (nSPS) is 61.1. The van der Waals surface area contributed by atoms with Crippen molar-refractivity contribution in [3.63, 3.8) is 0 Å². The van der Waals surface area contributed by atoms with E-state index in [-0.39, 0.29) is 36.3 Å². The van der Waals surface area contributed by atoms with Crippen LogP contribution in [0.5, 0.6) is 0 Å². The second-order valence-electron chi connectivity index (χ2n) is 4.89. The maximum atomic E-state index is 11.7. The summed E-state index contributed by atoms with van der Waals surface area (Å²) >= 11 is 0. The van der Waals surface area contributed by atoms with E-state index in [1.165, 1.54) is 0 Å². The van der Waals surface area contributed by atoms with Crippen LogP contribution in [0.25, 0.3) is 0 Å². The Hall–Kier alpha value is -0.450. The third kappa shape index (κ3) is 0.911. The summed E-state index contributed by atoms with van der Waals surface area (Å²) in [5.41, 5.74) is -0.416. The molecular weight excluding hydrogens is 196 g/mol. The molecule has 0 aromatic carbocycles. The van der Waals surface area contributed by atoms with Gasteiger partial charge in [0.05, 0.1) is 12.2 Å². The Morgan fingerprint density at radius 3 is 3.07 bits per heavy atom. The molecule has 1 saturated carbocycles. The van der Waals surface area contributed by atoms with Gasteiger partial charge in [-0.05, 0) is 19.8 Å². The van der Waals surface area contributed by atoms with Gasteiger partial charge < -0.3 is 14.2 Å². The van der Waals surface area contributed by atoms with Crippen molar-refractivity contribution in [3.8, 4) is 0 Å². The quantitative estimate of drug-likeness (QED) is 0.531. The zero-order valence-corrected chi connectivity index (χ0v) is 8.22.